The molecule has 2 aliphatic rings. The van der Waals surface area contributed by atoms with Gasteiger partial charge in [0, 0.05) is 12.0 Å². The first-order valence-corrected chi connectivity index (χ1v) is 11.3. The molecule has 2 aliphatic carbocycles. The van der Waals surface area contributed by atoms with Crippen molar-refractivity contribution in [1.29, 1.82) is 0 Å². The van der Waals surface area contributed by atoms with Crippen LogP contribution in [-0.2, 0) is 19.2 Å². The molecular formula is C25H28N2O6. The highest BCUT2D eigenvalue weighted by molar-refractivity contribution is 5.80. The smallest absolute Gasteiger partial charge is 0.407 e. The molecule has 0 saturated heterocycles. The zero-order valence-corrected chi connectivity index (χ0v) is 18.3. The predicted molar refractivity (Wildman–Crippen MR) is 120 cm³/mol. The highest BCUT2D eigenvalue weighted by atomic mass is 16.7. The van der Waals surface area contributed by atoms with E-state index in [0.717, 1.165) is 41.5 Å². The van der Waals surface area contributed by atoms with Crippen molar-refractivity contribution in [3.05, 3.63) is 59.7 Å². The van der Waals surface area contributed by atoms with E-state index in [4.69, 9.17) is 14.7 Å². The summed E-state index contributed by atoms with van der Waals surface area (Å²) in [5.74, 6) is -2.16. The number of amides is 2. The van der Waals surface area contributed by atoms with E-state index in [9.17, 15) is 14.4 Å². The molecule has 4 rings (SSSR count). The van der Waals surface area contributed by atoms with Crippen molar-refractivity contribution in [3.8, 4) is 11.1 Å². The van der Waals surface area contributed by atoms with E-state index in [-0.39, 0.29) is 12.5 Å². The van der Waals surface area contributed by atoms with Crippen LogP contribution in [0.3, 0.4) is 0 Å². The van der Waals surface area contributed by atoms with Crippen LogP contribution >= 0.6 is 0 Å². The van der Waals surface area contributed by atoms with E-state index >= 15 is 0 Å². The van der Waals surface area contributed by atoms with Gasteiger partial charge in [-0.15, -0.1) is 0 Å². The van der Waals surface area contributed by atoms with Crippen LogP contribution in [0.5, 0.6) is 0 Å². The Morgan fingerprint density at radius 3 is 2.21 bits per heavy atom. The van der Waals surface area contributed by atoms with Gasteiger partial charge in [0.1, 0.15) is 6.61 Å². The summed E-state index contributed by atoms with van der Waals surface area (Å²) in [6.07, 6.45) is 3.35. The predicted octanol–water partition coefficient (Wildman–Crippen LogP) is 3.61. The van der Waals surface area contributed by atoms with Crippen molar-refractivity contribution >= 4 is 18.0 Å². The van der Waals surface area contributed by atoms with Crippen LogP contribution in [0, 0.1) is 5.92 Å². The van der Waals surface area contributed by atoms with Gasteiger partial charge in [0.2, 0.25) is 5.91 Å². The van der Waals surface area contributed by atoms with Crippen molar-refractivity contribution in [3.63, 3.8) is 0 Å². The van der Waals surface area contributed by atoms with E-state index < -0.39 is 36.5 Å². The summed E-state index contributed by atoms with van der Waals surface area (Å²) in [4.78, 5) is 40.6. The number of benzene rings is 2. The molecule has 2 amide bonds. The Morgan fingerprint density at radius 2 is 1.55 bits per heavy atom. The van der Waals surface area contributed by atoms with Crippen molar-refractivity contribution in [2.24, 2.45) is 5.92 Å². The monoisotopic (exact) mass is 452 g/mol. The number of carbonyl (C=O) groups is 3. The number of carboxylic acid groups (broad SMARTS) is 1. The number of carbonyl (C=O) groups excluding carboxylic acids is 2. The second-order valence-corrected chi connectivity index (χ2v) is 8.47. The number of hydrogen-bond donors (Lipinski definition) is 3. The molecule has 0 aliphatic heterocycles. The zero-order chi connectivity index (χ0) is 23.2. The van der Waals surface area contributed by atoms with Crippen LogP contribution in [0.4, 0.5) is 4.79 Å². The molecule has 0 heterocycles. The molecule has 8 nitrogen and oxygen atoms in total. The number of carboxylic acids is 1. The average molecular weight is 453 g/mol. The van der Waals surface area contributed by atoms with E-state index in [0.29, 0.717) is 12.8 Å². The number of hydroxylamine groups is 1. The molecule has 8 heteroatoms. The van der Waals surface area contributed by atoms with Gasteiger partial charge in [0.05, 0.1) is 5.92 Å². The van der Waals surface area contributed by atoms with Crippen LogP contribution in [0.15, 0.2) is 48.5 Å². The standard InChI is InChI=1S/C25H28N2O6/c28-23(29)15-33-27-24(30)20-12-2-1-3-13-22(20)26-25(31)32-14-21-18-10-6-4-8-16(18)17-9-5-7-11-19(17)21/h4-11,20-22H,1-3,12-15H2,(H,26,31)(H,27,30)(H,28,29)/t20-,22+/m0/s1. The first kappa shape index (κ1) is 22.8. The van der Waals surface area contributed by atoms with Gasteiger partial charge in [0.15, 0.2) is 6.61 Å². The Morgan fingerprint density at radius 1 is 0.909 bits per heavy atom. The number of rotatable bonds is 7. The van der Waals surface area contributed by atoms with Crippen LogP contribution in [0.2, 0.25) is 0 Å². The maximum atomic E-state index is 12.7. The lowest BCUT2D eigenvalue weighted by Gasteiger charge is -2.25. The summed E-state index contributed by atoms with van der Waals surface area (Å²) in [6.45, 7) is -0.423. The zero-order valence-electron chi connectivity index (χ0n) is 18.3. The van der Waals surface area contributed by atoms with E-state index in [1.807, 2.05) is 24.3 Å². The molecule has 1 fully saturated rings. The highest BCUT2D eigenvalue weighted by Crippen LogP contribution is 2.44. The van der Waals surface area contributed by atoms with Crippen LogP contribution in [0.25, 0.3) is 11.1 Å². The second kappa shape index (κ2) is 10.5. The normalized spacial score (nSPS) is 19.6. The molecule has 0 bridgehead atoms. The minimum atomic E-state index is -1.18. The van der Waals surface area contributed by atoms with Crippen molar-refractivity contribution in [2.75, 3.05) is 13.2 Å². The van der Waals surface area contributed by atoms with Gasteiger partial charge in [-0.05, 0) is 35.1 Å². The van der Waals surface area contributed by atoms with Gasteiger partial charge >= 0.3 is 12.1 Å². The number of nitrogens with one attached hydrogen (secondary N) is 2. The Bertz CT molecular complexity index is 978. The van der Waals surface area contributed by atoms with Gasteiger partial charge in [-0.1, -0.05) is 67.8 Å². The number of alkyl carbamates (subject to hydrolysis) is 1. The summed E-state index contributed by atoms with van der Waals surface area (Å²) in [5.41, 5.74) is 6.78. The lowest BCUT2D eigenvalue weighted by atomic mass is 9.94. The molecule has 0 aromatic heterocycles. The summed E-state index contributed by atoms with van der Waals surface area (Å²) < 4.78 is 5.63. The SMILES string of the molecule is O=C(O)CONC(=O)[C@H]1CCCCC[C@H]1NC(=O)OCC1c2ccccc2-c2ccccc21. The second-order valence-electron chi connectivity index (χ2n) is 8.47. The van der Waals surface area contributed by atoms with Crippen molar-refractivity contribution < 1.29 is 29.1 Å². The van der Waals surface area contributed by atoms with E-state index in [2.05, 4.69) is 35.1 Å². The molecule has 2 aromatic carbocycles. The number of aliphatic carboxylic acids is 1. The van der Waals surface area contributed by atoms with Gasteiger partial charge in [-0.3, -0.25) is 9.63 Å². The fourth-order valence-electron chi connectivity index (χ4n) is 4.83. The first-order valence-electron chi connectivity index (χ1n) is 11.3. The minimum Gasteiger partial charge on any atom is -0.479 e. The summed E-state index contributed by atoms with van der Waals surface area (Å²) in [5, 5.41) is 11.5. The van der Waals surface area contributed by atoms with Gasteiger partial charge in [-0.25, -0.2) is 15.1 Å². The molecule has 1 saturated carbocycles. The van der Waals surface area contributed by atoms with Crippen molar-refractivity contribution in [2.45, 2.75) is 44.1 Å². The summed E-state index contributed by atoms with van der Waals surface area (Å²) >= 11 is 0. The third-order valence-corrected chi connectivity index (χ3v) is 6.37. The minimum absolute atomic E-state index is 0.0409. The van der Waals surface area contributed by atoms with E-state index in [1.54, 1.807) is 0 Å². The molecule has 2 atom stereocenters. The molecule has 3 N–H and O–H groups in total. The molecule has 2 aromatic rings. The maximum absolute atomic E-state index is 12.7. The Balaban J connectivity index is 1.38. The van der Waals surface area contributed by atoms with E-state index in [1.165, 1.54) is 0 Å². The highest BCUT2D eigenvalue weighted by Gasteiger charge is 2.33. The Hall–Kier alpha value is -3.39. The topological polar surface area (TPSA) is 114 Å². The van der Waals surface area contributed by atoms with Crippen LogP contribution < -0.4 is 10.8 Å². The Kier molecular flexibility index (Phi) is 7.24. The molecule has 0 radical (unpaired) electrons. The third kappa shape index (κ3) is 5.34. The summed E-state index contributed by atoms with van der Waals surface area (Å²) in [7, 11) is 0. The number of hydrogen-bond acceptors (Lipinski definition) is 5. The lowest BCUT2D eigenvalue weighted by molar-refractivity contribution is -0.151. The van der Waals surface area contributed by atoms with Gasteiger partial charge in [0.25, 0.3) is 0 Å². The largest absolute Gasteiger partial charge is 0.479 e. The third-order valence-electron chi connectivity index (χ3n) is 6.37. The van der Waals surface area contributed by atoms with Crippen LogP contribution in [0.1, 0.15) is 49.1 Å². The molecule has 0 unspecified atom stereocenters. The number of fused-ring (bicyclic) bond motifs is 3. The first-order chi connectivity index (χ1) is 16.0. The van der Waals surface area contributed by atoms with Crippen molar-refractivity contribution in [1.82, 2.24) is 10.8 Å². The fraction of sp³-hybridized carbons (Fsp3) is 0.400. The quantitative estimate of drug-likeness (QED) is 0.437. The number of ether oxygens (including phenoxy) is 1. The fourth-order valence-corrected chi connectivity index (χ4v) is 4.83. The Labute approximate surface area is 192 Å². The van der Waals surface area contributed by atoms with Crippen LogP contribution in [-0.4, -0.2) is 42.3 Å². The summed E-state index contributed by atoms with van der Waals surface area (Å²) in [6, 6.07) is 15.8. The lowest BCUT2D eigenvalue weighted by Crippen LogP contribution is -2.47. The van der Waals surface area contributed by atoms with Gasteiger partial charge < -0.3 is 15.2 Å². The molecular weight excluding hydrogens is 424 g/mol. The van der Waals surface area contributed by atoms with Gasteiger partial charge in [-0.2, -0.15) is 0 Å². The average Bonchev–Trinajstić information content (AvgIpc) is 2.94. The molecule has 0 spiro atoms. The molecule has 33 heavy (non-hydrogen) atoms. The maximum Gasteiger partial charge on any atom is 0.407 e. The molecule has 174 valence electrons.